The molecule has 1 aromatic rings. The third-order valence-electron chi connectivity index (χ3n) is 5.90. The number of hydrogen-bond donors (Lipinski definition) is 2. The van der Waals surface area contributed by atoms with Crippen LogP contribution in [0.25, 0.3) is 0 Å². The summed E-state index contributed by atoms with van der Waals surface area (Å²) in [6.45, 7) is 14.9. The van der Waals surface area contributed by atoms with E-state index in [4.69, 9.17) is 4.99 Å². The van der Waals surface area contributed by atoms with E-state index in [-0.39, 0.29) is 24.0 Å². The van der Waals surface area contributed by atoms with Crippen LogP contribution < -0.4 is 10.6 Å². The molecule has 30 heavy (non-hydrogen) atoms. The van der Waals surface area contributed by atoms with Gasteiger partial charge in [-0.05, 0) is 46.9 Å². The molecule has 0 amide bonds. The third-order valence-corrected chi connectivity index (χ3v) is 5.90. The molecule has 2 atom stereocenters. The van der Waals surface area contributed by atoms with Crippen molar-refractivity contribution in [3.05, 3.63) is 35.9 Å². The first-order valence-corrected chi connectivity index (χ1v) is 11.2. The molecule has 0 aliphatic carbocycles. The molecule has 0 saturated carbocycles. The first kappa shape index (κ1) is 27.1. The number of guanidine groups is 1. The number of piperazine rings is 1. The standard InChI is InChI=1S/C23H42N6.HI/c1-6-24-23(26-18-21(3)29-16-14-27(4)15-17-29)25-13-12-20(2)28(5)19-22-10-8-7-9-11-22;/h7-11,20-21H,6,12-19H2,1-5H3,(H2,24,25,26);1H. The van der Waals surface area contributed by atoms with Gasteiger partial charge < -0.3 is 15.5 Å². The Balaban J connectivity index is 0.00000450. The molecular weight excluding hydrogens is 487 g/mol. The fraction of sp³-hybridized carbons (Fsp3) is 0.696. The van der Waals surface area contributed by atoms with E-state index in [0.29, 0.717) is 12.1 Å². The van der Waals surface area contributed by atoms with E-state index in [1.165, 1.54) is 5.56 Å². The van der Waals surface area contributed by atoms with Gasteiger partial charge in [0.05, 0.1) is 6.54 Å². The third kappa shape index (κ3) is 9.94. The topological polar surface area (TPSA) is 46.1 Å². The van der Waals surface area contributed by atoms with Crippen molar-refractivity contribution in [1.29, 1.82) is 0 Å². The van der Waals surface area contributed by atoms with Crippen LogP contribution in [-0.4, -0.2) is 92.7 Å². The summed E-state index contributed by atoms with van der Waals surface area (Å²) in [4.78, 5) is 12.2. The van der Waals surface area contributed by atoms with E-state index >= 15 is 0 Å². The highest BCUT2D eigenvalue weighted by atomic mass is 127. The van der Waals surface area contributed by atoms with E-state index in [0.717, 1.165) is 64.7 Å². The zero-order valence-electron chi connectivity index (χ0n) is 19.6. The predicted molar refractivity (Wildman–Crippen MR) is 140 cm³/mol. The smallest absolute Gasteiger partial charge is 0.191 e. The Labute approximate surface area is 201 Å². The molecule has 1 aliphatic rings. The number of halogens is 1. The normalized spacial score (nSPS) is 18.0. The van der Waals surface area contributed by atoms with Crippen molar-refractivity contribution in [2.75, 3.05) is 59.9 Å². The van der Waals surface area contributed by atoms with Crippen molar-refractivity contribution in [3.63, 3.8) is 0 Å². The number of likely N-dealkylation sites (N-methyl/N-ethyl adjacent to an activating group) is 1. The number of nitrogens with zero attached hydrogens (tertiary/aromatic N) is 4. The first-order chi connectivity index (χ1) is 14.0. The highest BCUT2D eigenvalue weighted by Crippen LogP contribution is 2.08. The van der Waals surface area contributed by atoms with Gasteiger partial charge in [0.2, 0.25) is 0 Å². The van der Waals surface area contributed by atoms with Gasteiger partial charge in [-0.15, -0.1) is 24.0 Å². The van der Waals surface area contributed by atoms with Crippen LogP contribution >= 0.6 is 24.0 Å². The molecule has 7 heteroatoms. The fourth-order valence-electron chi connectivity index (χ4n) is 3.59. The van der Waals surface area contributed by atoms with E-state index in [2.05, 4.69) is 90.5 Å². The van der Waals surface area contributed by atoms with Gasteiger partial charge in [-0.3, -0.25) is 14.8 Å². The second-order valence-electron chi connectivity index (χ2n) is 8.37. The predicted octanol–water partition coefficient (Wildman–Crippen LogP) is 2.71. The Morgan fingerprint density at radius 1 is 1.10 bits per heavy atom. The highest BCUT2D eigenvalue weighted by Gasteiger charge is 2.18. The summed E-state index contributed by atoms with van der Waals surface area (Å²) in [5.41, 5.74) is 1.36. The molecule has 172 valence electrons. The number of nitrogens with one attached hydrogen (secondary N) is 2. The van der Waals surface area contributed by atoms with Gasteiger partial charge in [-0.1, -0.05) is 30.3 Å². The maximum absolute atomic E-state index is 4.84. The summed E-state index contributed by atoms with van der Waals surface area (Å²) in [7, 11) is 4.40. The zero-order valence-corrected chi connectivity index (χ0v) is 21.9. The SMILES string of the molecule is CCNC(=NCC(C)N1CCN(C)CC1)NCCC(C)N(C)Cc1ccccc1.I. The van der Waals surface area contributed by atoms with Crippen LogP contribution in [0, 0.1) is 0 Å². The van der Waals surface area contributed by atoms with Gasteiger partial charge in [0.1, 0.15) is 0 Å². The quantitative estimate of drug-likeness (QED) is 0.277. The van der Waals surface area contributed by atoms with Gasteiger partial charge in [-0.25, -0.2) is 0 Å². The molecule has 1 aromatic carbocycles. The van der Waals surface area contributed by atoms with Crippen LogP contribution in [-0.2, 0) is 6.54 Å². The van der Waals surface area contributed by atoms with E-state index < -0.39 is 0 Å². The van der Waals surface area contributed by atoms with Crippen molar-refractivity contribution in [1.82, 2.24) is 25.3 Å². The Bertz CT molecular complexity index is 589. The molecule has 1 aliphatic heterocycles. The van der Waals surface area contributed by atoms with Gasteiger partial charge in [0.25, 0.3) is 0 Å². The first-order valence-electron chi connectivity index (χ1n) is 11.2. The summed E-state index contributed by atoms with van der Waals surface area (Å²) >= 11 is 0. The molecule has 2 N–H and O–H groups in total. The summed E-state index contributed by atoms with van der Waals surface area (Å²) in [6, 6.07) is 11.7. The van der Waals surface area contributed by atoms with Crippen molar-refractivity contribution in [2.24, 2.45) is 4.99 Å². The molecule has 6 nitrogen and oxygen atoms in total. The maximum atomic E-state index is 4.84. The minimum Gasteiger partial charge on any atom is -0.357 e. The summed E-state index contributed by atoms with van der Waals surface area (Å²) in [5, 5.41) is 6.91. The van der Waals surface area contributed by atoms with Gasteiger partial charge >= 0.3 is 0 Å². The van der Waals surface area contributed by atoms with Crippen molar-refractivity contribution < 1.29 is 0 Å². The molecule has 0 spiro atoms. The molecule has 0 radical (unpaired) electrons. The van der Waals surface area contributed by atoms with Crippen LogP contribution in [0.3, 0.4) is 0 Å². The van der Waals surface area contributed by atoms with Crippen molar-refractivity contribution in [3.8, 4) is 0 Å². The Hall–Kier alpha value is -0.900. The monoisotopic (exact) mass is 530 g/mol. The molecule has 1 heterocycles. The lowest BCUT2D eigenvalue weighted by Gasteiger charge is -2.35. The maximum Gasteiger partial charge on any atom is 0.191 e. The van der Waals surface area contributed by atoms with Gasteiger partial charge in [-0.2, -0.15) is 0 Å². The molecule has 2 rings (SSSR count). The van der Waals surface area contributed by atoms with Crippen LogP contribution in [0.15, 0.2) is 35.3 Å². The molecule has 0 aromatic heterocycles. The minimum absolute atomic E-state index is 0. The minimum atomic E-state index is 0. The molecule has 0 bridgehead atoms. The van der Waals surface area contributed by atoms with E-state index in [1.807, 2.05) is 0 Å². The average Bonchev–Trinajstić information content (AvgIpc) is 2.72. The Morgan fingerprint density at radius 2 is 1.77 bits per heavy atom. The second-order valence-corrected chi connectivity index (χ2v) is 8.37. The molecular formula is C23H43IN6. The largest absolute Gasteiger partial charge is 0.357 e. The zero-order chi connectivity index (χ0) is 21.1. The number of hydrogen-bond acceptors (Lipinski definition) is 4. The lowest BCUT2D eigenvalue weighted by atomic mass is 10.1. The van der Waals surface area contributed by atoms with Gasteiger partial charge in [0.15, 0.2) is 5.96 Å². The summed E-state index contributed by atoms with van der Waals surface area (Å²) < 4.78 is 0. The Kier molecular flexibility index (Phi) is 13.6. The summed E-state index contributed by atoms with van der Waals surface area (Å²) in [6.07, 6.45) is 1.09. The highest BCUT2D eigenvalue weighted by molar-refractivity contribution is 14.0. The number of benzene rings is 1. The molecule has 2 unspecified atom stereocenters. The van der Waals surface area contributed by atoms with Crippen LogP contribution in [0.1, 0.15) is 32.8 Å². The van der Waals surface area contributed by atoms with Gasteiger partial charge in [0, 0.05) is 57.9 Å². The number of aliphatic imine (C=N–C) groups is 1. The summed E-state index contributed by atoms with van der Waals surface area (Å²) in [5.74, 6) is 0.936. The van der Waals surface area contributed by atoms with E-state index in [1.54, 1.807) is 0 Å². The molecule has 1 fully saturated rings. The van der Waals surface area contributed by atoms with Crippen LogP contribution in [0.2, 0.25) is 0 Å². The lowest BCUT2D eigenvalue weighted by Crippen LogP contribution is -2.49. The number of rotatable bonds is 10. The lowest BCUT2D eigenvalue weighted by molar-refractivity contribution is 0.122. The fourth-order valence-corrected chi connectivity index (χ4v) is 3.59. The second kappa shape index (κ2) is 15.0. The van der Waals surface area contributed by atoms with E-state index in [9.17, 15) is 0 Å². The van der Waals surface area contributed by atoms with Crippen molar-refractivity contribution in [2.45, 2.75) is 45.8 Å². The average molecular weight is 531 g/mol. The van der Waals surface area contributed by atoms with Crippen LogP contribution in [0.5, 0.6) is 0 Å². The Morgan fingerprint density at radius 3 is 2.40 bits per heavy atom. The van der Waals surface area contributed by atoms with Crippen LogP contribution in [0.4, 0.5) is 0 Å². The van der Waals surface area contributed by atoms with Crippen molar-refractivity contribution >= 4 is 29.9 Å². The molecule has 1 saturated heterocycles.